The number of fused-ring (bicyclic) bond motifs is 1. The van der Waals surface area contributed by atoms with Gasteiger partial charge < -0.3 is 10.2 Å². The van der Waals surface area contributed by atoms with Gasteiger partial charge in [0.2, 0.25) is 0 Å². The number of piperidine rings is 1. The molecule has 4 rings (SSSR count). The Labute approximate surface area is 191 Å². The average molecular weight is 456 g/mol. The molecule has 3 unspecified atom stereocenters. The first-order valence-electron chi connectivity index (χ1n) is 11.5. The molecule has 7 heteroatoms. The minimum atomic E-state index is -3.73. The Balaban J connectivity index is 1.45. The molecule has 2 aromatic carbocycles. The second-order valence-corrected chi connectivity index (χ2v) is 11.4. The third kappa shape index (κ3) is 4.84. The van der Waals surface area contributed by atoms with Crippen LogP contribution in [0.4, 0.5) is 5.69 Å². The molecule has 2 aliphatic rings. The van der Waals surface area contributed by atoms with Crippen LogP contribution in [0.5, 0.6) is 0 Å². The van der Waals surface area contributed by atoms with E-state index in [1.807, 2.05) is 31.2 Å². The van der Waals surface area contributed by atoms with Crippen LogP contribution in [0.1, 0.15) is 43.1 Å². The molecule has 172 valence electrons. The summed E-state index contributed by atoms with van der Waals surface area (Å²) in [5.41, 5.74) is 2.12. The maximum absolute atomic E-state index is 13.3. The average Bonchev–Trinajstić information content (AvgIpc) is 3.18. The molecule has 0 radical (unpaired) electrons. The number of para-hydroxylation sites is 1. The van der Waals surface area contributed by atoms with Crippen LogP contribution in [0.15, 0.2) is 53.4 Å². The van der Waals surface area contributed by atoms with Gasteiger partial charge in [-0.25, -0.2) is 8.42 Å². The molecule has 0 bridgehead atoms. The van der Waals surface area contributed by atoms with Gasteiger partial charge in [-0.05, 0) is 61.4 Å². The van der Waals surface area contributed by atoms with Gasteiger partial charge >= 0.3 is 0 Å². The minimum Gasteiger partial charge on any atom is -0.348 e. The largest absolute Gasteiger partial charge is 0.348 e. The fourth-order valence-corrected chi connectivity index (χ4v) is 6.71. The summed E-state index contributed by atoms with van der Waals surface area (Å²) < 4.78 is 28.1. The minimum absolute atomic E-state index is 0.0225. The highest BCUT2D eigenvalue weighted by Gasteiger charge is 2.31. The summed E-state index contributed by atoms with van der Waals surface area (Å²) >= 11 is 0. The van der Waals surface area contributed by atoms with Crippen molar-refractivity contribution in [2.24, 2.45) is 11.8 Å². The molecule has 0 saturated carbocycles. The first-order valence-corrected chi connectivity index (χ1v) is 12.9. The molecule has 2 aromatic rings. The Hall–Kier alpha value is -2.38. The third-order valence-corrected chi connectivity index (χ3v) is 8.19. The fraction of sp³-hybridized carbons (Fsp3) is 0.480. The van der Waals surface area contributed by atoms with Crippen LogP contribution in [0.2, 0.25) is 0 Å². The van der Waals surface area contributed by atoms with E-state index in [1.165, 1.54) is 16.8 Å². The number of hydrogen-bond donors (Lipinski definition) is 1. The van der Waals surface area contributed by atoms with E-state index < -0.39 is 10.0 Å². The Bertz CT molecular complexity index is 1080. The predicted octanol–water partition coefficient (Wildman–Crippen LogP) is 3.53. The Morgan fingerprint density at radius 1 is 1.09 bits per heavy atom. The van der Waals surface area contributed by atoms with Gasteiger partial charge in [0.25, 0.3) is 15.9 Å². The van der Waals surface area contributed by atoms with Gasteiger partial charge in [-0.3, -0.25) is 9.10 Å². The highest BCUT2D eigenvalue weighted by Crippen LogP contribution is 2.32. The lowest BCUT2D eigenvalue weighted by Crippen LogP contribution is -2.47. The second kappa shape index (κ2) is 9.24. The van der Waals surface area contributed by atoms with Crippen LogP contribution >= 0.6 is 0 Å². The molecule has 0 spiro atoms. The molecule has 1 amide bonds. The van der Waals surface area contributed by atoms with Gasteiger partial charge in [-0.15, -0.1) is 0 Å². The Kier molecular flexibility index (Phi) is 6.58. The highest BCUT2D eigenvalue weighted by molar-refractivity contribution is 7.92. The number of nitrogens with one attached hydrogen (secondary N) is 1. The number of likely N-dealkylation sites (tertiary alicyclic amines) is 1. The van der Waals surface area contributed by atoms with E-state index in [9.17, 15) is 13.2 Å². The van der Waals surface area contributed by atoms with Crippen molar-refractivity contribution in [3.05, 3.63) is 59.7 Å². The number of sulfonamides is 1. The van der Waals surface area contributed by atoms with Crippen molar-refractivity contribution >= 4 is 21.6 Å². The van der Waals surface area contributed by atoms with Gasteiger partial charge in [0.1, 0.15) is 0 Å². The van der Waals surface area contributed by atoms with Crippen LogP contribution in [-0.2, 0) is 16.4 Å². The fourth-order valence-electron chi connectivity index (χ4n) is 5.16. The number of amides is 1. The van der Waals surface area contributed by atoms with Gasteiger partial charge in [-0.2, -0.15) is 0 Å². The lowest BCUT2D eigenvalue weighted by molar-refractivity contribution is 0.0904. The van der Waals surface area contributed by atoms with E-state index in [0.29, 0.717) is 30.4 Å². The van der Waals surface area contributed by atoms with Gasteiger partial charge in [0.15, 0.2) is 0 Å². The van der Waals surface area contributed by atoms with E-state index >= 15 is 0 Å². The van der Waals surface area contributed by atoms with E-state index in [0.717, 1.165) is 30.9 Å². The van der Waals surface area contributed by atoms with E-state index in [2.05, 4.69) is 24.1 Å². The summed E-state index contributed by atoms with van der Waals surface area (Å²) in [5.74, 6) is 1.09. The van der Waals surface area contributed by atoms with Crippen LogP contribution in [0, 0.1) is 11.8 Å². The molecule has 2 heterocycles. The number of anilines is 1. The molecule has 1 N–H and O–H groups in total. The quantitative estimate of drug-likeness (QED) is 0.723. The summed E-state index contributed by atoms with van der Waals surface area (Å²) in [6.07, 6.45) is 1.95. The zero-order chi connectivity index (χ0) is 22.9. The van der Waals surface area contributed by atoms with Gasteiger partial charge in [0, 0.05) is 37.8 Å². The van der Waals surface area contributed by atoms with Crippen LogP contribution in [0.3, 0.4) is 0 Å². The normalized spacial score (nSPS) is 22.4. The van der Waals surface area contributed by atoms with E-state index in [1.54, 1.807) is 18.2 Å². The Morgan fingerprint density at radius 3 is 2.56 bits per heavy atom. The van der Waals surface area contributed by atoms with Crippen LogP contribution in [-0.4, -0.2) is 51.4 Å². The lowest BCUT2D eigenvalue weighted by Gasteiger charge is -2.36. The molecule has 6 nitrogen and oxygen atoms in total. The monoisotopic (exact) mass is 455 g/mol. The van der Waals surface area contributed by atoms with Crippen molar-refractivity contribution in [1.29, 1.82) is 0 Å². The van der Waals surface area contributed by atoms with Crippen molar-refractivity contribution in [3.63, 3.8) is 0 Å². The van der Waals surface area contributed by atoms with Crippen molar-refractivity contribution in [1.82, 2.24) is 10.2 Å². The molecule has 0 aliphatic carbocycles. The van der Waals surface area contributed by atoms with Crippen molar-refractivity contribution < 1.29 is 13.2 Å². The highest BCUT2D eigenvalue weighted by atomic mass is 32.2. The number of carbonyl (C=O) groups is 1. The molecular weight excluding hydrogens is 422 g/mol. The summed E-state index contributed by atoms with van der Waals surface area (Å²) in [6.45, 7) is 9.87. The maximum Gasteiger partial charge on any atom is 0.264 e. The molecule has 3 atom stereocenters. The predicted molar refractivity (Wildman–Crippen MR) is 127 cm³/mol. The summed E-state index contributed by atoms with van der Waals surface area (Å²) in [6, 6.07) is 13.9. The number of benzene rings is 2. The maximum atomic E-state index is 13.3. The SMILES string of the molecule is CC1CC(C)CN(CC(C)NC(=O)c2cccc(S(=O)(=O)N3CCc4ccccc43)c2)C1. The van der Waals surface area contributed by atoms with Crippen molar-refractivity contribution in [2.45, 2.75) is 44.6 Å². The summed E-state index contributed by atoms with van der Waals surface area (Å²) in [4.78, 5) is 15.4. The van der Waals surface area contributed by atoms with Crippen molar-refractivity contribution in [3.8, 4) is 0 Å². The number of nitrogens with zero attached hydrogens (tertiary/aromatic N) is 2. The number of hydrogen-bond acceptors (Lipinski definition) is 4. The third-order valence-electron chi connectivity index (χ3n) is 6.38. The molecular formula is C25H33N3O3S. The standard InChI is InChI=1S/C25H33N3O3S/c1-18-13-19(2)16-27(15-18)17-20(3)26-25(29)22-8-6-9-23(14-22)32(30,31)28-12-11-21-7-4-5-10-24(21)28/h4-10,14,18-20H,11-13,15-17H2,1-3H3,(H,26,29). The van der Waals surface area contributed by atoms with Crippen molar-refractivity contribution in [2.75, 3.05) is 30.5 Å². The summed E-state index contributed by atoms with van der Waals surface area (Å²) in [5, 5.41) is 3.05. The van der Waals surface area contributed by atoms with Crippen LogP contribution < -0.4 is 9.62 Å². The van der Waals surface area contributed by atoms with E-state index in [4.69, 9.17) is 0 Å². The molecule has 2 aliphatic heterocycles. The first kappa shape index (κ1) is 22.8. The molecule has 32 heavy (non-hydrogen) atoms. The molecule has 0 aromatic heterocycles. The smallest absolute Gasteiger partial charge is 0.264 e. The number of rotatable bonds is 6. The second-order valence-electron chi connectivity index (χ2n) is 9.52. The van der Waals surface area contributed by atoms with Crippen LogP contribution in [0.25, 0.3) is 0 Å². The van der Waals surface area contributed by atoms with Gasteiger partial charge in [0.05, 0.1) is 10.6 Å². The van der Waals surface area contributed by atoms with Gasteiger partial charge in [-0.1, -0.05) is 38.1 Å². The number of carbonyl (C=O) groups excluding carboxylic acids is 1. The van der Waals surface area contributed by atoms with E-state index in [-0.39, 0.29) is 16.8 Å². The topological polar surface area (TPSA) is 69.7 Å². The molecule has 1 fully saturated rings. The zero-order valence-corrected chi connectivity index (χ0v) is 19.9. The summed E-state index contributed by atoms with van der Waals surface area (Å²) in [7, 11) is -3.73. The zero-order valence-electron chi connectivity index (χ0n) is 19.1. The lowest BCUT2D eigenvalue weighted by atomic mass is 9.92. The molecule has 1 saturated heterocycles. The Morgan fingerprint density at radius 2 is 1.81 bits per heavy atom. The first-order chi connectivity index (χ1) is 15.2.